The van der Waals surface area contributed by atoms with Gasteiger partial charge in [-0.1, -0.05) is 41.7 Å². The lowest BCUT2D eigenvalue weighted by Gasteiger charge is -2.13. The van der Waals surface area contributed by atoms with Crippen LogP contribution >= 0.6 is 23.1 Å². The van der Waals surface area contributed by atoms with Crippen LogP contribution in [0.15, 0.2) is 35.4 Å². The number of thioether (sulfide) groups is 1. The van der Waals surface area contributed by atoms with Crippen LogP contribution in [-0.2, 0) is 17.6 Å². The van der Waals surface area contributed by atoms with Gasteiger partial charge < -0.3 is 5.32 Å². The fraction of sp³-hybridized carbons (Fsp3) is 0.333. The summed E-state index contributed by atoms with van der Waals surface area (Å²) in [6, 6.07) is 12.0. The SMILES string of the molecule is CC(Sc1nc2c(cc1C#N)CCCCC2)C(=O)Nc1nc2ccccc2s1. The predicted octanol–water partition coefficient (Wildman–Crippen LogP) is 4.95. The molecule has 1 aliphatic carbocycles. The van der Waals surface area contributed by atoms with E-state index in [9.17, 15) is 10.1 Å². The first-order valence-corrected chi connectivity index (χ1v) is 11.1. The van der Waals surface area contributed by atoms with E-state index >= 15 is 0 Å². The second-order valence-corrected chi connectivity index (χ2v) is 9.22. The van der Waals surface area contributed by atoms with Crippen molar-refractivity contribution in [3.8, 4) is 6.07 Å². The predicted molar refractivity (Wildman–Crippen MR) is 114 cm³/mol. The van der Waals surface area contributed by atoms with Gasteiger partial charge in [0.1, 0.15) is 11.1 Å². The molecule has 5 nitrogen and oxygen atoms in total. The highest BCUT2D eigenvalue weighted by molar-refractivity contribution is 8.00. The van der Waals surface area contributed by atoms with Crippen molar-refractivity contribution in [2.45, 2.75) is 49.3 Å². The Kier molecular flexibility index (Phi) is 5.60. The van der Waals surface area contributed by atoms with E-state index in [1.54, 1.807) is 0 Å². The Morgan fingerprint density at radius 2 is 2.07 bits per heavy atom. The number of fused-ring (bicyclic) bond motifs is 2. The molecule has 0 saturated carbocycles. The van der Waals surface area contributed by atoms with Gasteiger partial charge >= 0.3 is 0 Å². The number of hydrogen-bond acceptors (Lipinski definition) is 6. The van der Waals surface area contributed by atoms with Gasteiger partial charge in [-0.15, -0.1) is 0 Å². The minimum absolute atomic E-state index is 0.135. The molecule has 0 radical (unpaired) electrons. The number of hydrogen-bond donors (Lipinski definition) is 1. The van der Waals surface area contributed by atoms with Gasteiger partial charge in [-0.3, -0.25) is 4.79 Å². The van der Waals surface area contributed by atoms with Gasteiger partial charge in [0, 0.05) is 5.69 Å². The summed E-state index contributed by atoms with van der Waals surface area (Å²) in [7, 11) is 0. The summed E-state index contributed by atoms with van der Waals surface area (Å²) in [5, 5.41) is 13.3. The van der Waals surface area contributed by atoms with E-state index in [0.29, 0.717) is 15.7 Å². The molecule has 4 rings (SSSR count). The lowest BCUT2D eigenvalue weighted by atomic mass is 10.1. The highest BCUT2D eigenvalue weighted by Gasteiger charge is 2.21. The number of nitriles is 1. The lowest BCUT2D eigenvalue weighted by Crippen LogP contribution is -2.22. The highest BCUT2D eigenvalue weighted by Crippen LogP contribution is 2.31. The number of para-hydroxylation sites is 1. The van der Waals surface area contributed by atoms with E-state index in [4.69, 9.17) is 4.98 Å². The minimum atomic E-state index is -0.379. The third-order valence-electron chi connectivity index (χ3n) is 4.82. The topological polar surface area (TPSA) is 78.7 Å². The van der Waals surface area contributed by atoms with E-state index in [2.05, 4.69) is 16.4 Å². The molecule has 1 amide bonds. The first-order valence-electron chi connectivity index (χ1n) is 9.40. The van der Waals surface area contributed by atoms with Crippen LogP contribution in [0.5, 0.6) is 0 Å². The molecule has 1 N–H and O–H groups in total. The molecule has 1 aromatic carbocycles. The van der Waals surface area contributed by atoms with Crippen LogP contribution in [0.3, 0.4) is 0 Å². The zero-order valence-corrected chi connectivity index (χ0v) is 17.2. The molecule has 1 atom stereocenters. The van der Waals surface area contributed by atoms with Crippen LogP contribution in [0.2, 0.25) is 0 Å². The summed E-state index contributed by atoms with van der Waals surface area (Å²) in [6.07, 6.45) is 5.40. The molecule has 0 fully saturated rings. The van der Waals surface area contributed by atoms with Gasteiger partial charge in [0.2, 0.25) is 5.91 Å². The minimum Gasteiger partial charge on any atom is -0.301 e. The average molecular weight is 409 g/mol. The van der Waals surface area contributed by atoms with Crippen molar-refractivity contribution < 1.29 is 4.79 Å². The van der Waals surface area contributed by atoms with Crippen LogP contribution < -0.4 is 5.32 Å². The molecule has 0 saturated heterocycles. The van der Waals surface area contributed by atoms with Crippen molar-refractivity contribution in [2.75, 3.05) is 5.32 Å². The molecule has 1 aliphatic rings. The number of carbonyl (C=O) groups excluding carboxylic acids is 1. The van der Waals surface area contributed by atoms with E-state index in [1.807, 2.05) is 37.3 Å². The Hall–Kier alpha value is -2.43. The molecule has 1 unspecified atom stereocenters. The van der Waals surface area contributed by atoms with Crippen molar-refractivity contribution in [2.24, 2.45) is 0 Å². The number of benzene rings is 1. The molecule has 3 aromatic rings. The summed E-state index contributed by atoms with van der Waals surface area (Å²) >= 11 is 2.80. The molecule has 0 spiro atoms. The van der Waals surface area contributed by atoms with Crippen LogP contribution in [0, 0.1) is 11.3 Å². The van der Waals surface area contributed by atoms with Gasteiger partial charge in [-0.25, -0.2) is 9.97 Å². The molecule has 142 valence electrons. The van der Waals surface area contributed by atoms with Crippen molar-refractivity contribution in [1.82, 2.24) is 9.97 Å². The van der Waals surface area contributed by atoms with Gasteiger partial charge in [0.25, 0.3) is 0 Å². The maximum absolute atomic E-state index is 12.7. The zero-order chi connectivity index (χ0) is 19.5. The molecule has 2 aromatic heterocycles. The quantitative estimate of drug-likeness (QED) is 0.488. The smallest absolute Gasteiger partial charge is 0.239 e. The van der Waals surface area contributed by atoms with Crippen molar-refractivity contribution >= 4 is 44.4 Å². The number of nitrogens with one attached hydrogen (secondary N) is 1. The summed E-state index contributed by atoms with van der Waals surface area (Å²) in [5.74, 6) is -0.135. The molecular formula is C21H20N4OS2. The standard InChI is InChI=1S/C21H20N4OS2/c1-13(19(26)25-21-24-17-9-5-6-10-18(17)28-21)27-20-15(12-22)11-14-7-3-2-4-8-16(14)23-20/h5-6,9-11,13H,2-4,7-8H2,1H3,(H,24,25,26). The van der Waals surface area contributed by atoms with Crippen molar-refractivity contribution in [3.05, 3.63) is 47.2 Å². The second kappa shape index (κ2) is 8.29. The number of rotatable bonds is 4. The number of anilines is 1. The highest BCUT2D eigenvalue weighted by atomic mass is 32.2. The third-order valence-corrected chi connectivity index (χ3v) is 6.87. The number of pyridine rings is 1. The summed E-state index contributed by atoms with van der Waals surface area (Å²) in [6.45, 7) is 1.84. The zero-order valence-electron chi connectivity index (χ0n) is 15.6. The Labute approximate surface area is 172 Å². The number of amides is 1. The molecule has 2 heterocycles. The average Bonchev–Trinajstić information content (AvgIpc) is 2.96. The van der Waals surface area contributed by atoms with E-state index in [0.717, 1.165) is 41.6 Å². The first kappa shape index (κ1) is 18.9. The number of aromatic nitrogens is 2. The normalized spacial score (nSPS) is 14.7. The fourth-order valence-electron chi connectivity index (χ4n) is 3.32. The molecule has 0 aliphatic heterocycles. The van der Waals surface area contributed by atoms with Gasteiger partial charge in [0.15, 0.2) is 5.13 Å². The molecule has 0 bridgehead atoms. The van der Waals surface area contributed by atoms with E-state index < -0.39 is 0 Å². The number of nitrogens with zero attached hydrogens (tertiary/aromatic N) is 3. The Bertz CT molecular complexity index is 1040. The maximum atomic E-state index is 12.7. The summed E-state index contributed by atoms with van der Waals surface area (Å²) in [5.41, 5.74) is 3.70. The van der Waals surface area contributed by atoms with Crippen LogP contribution in [0.25, 0.3) is 10.2 Å². The lowest BCUT2D eigenvalue weighted by molar-refractivity contribution is -0.115. The Morgan fingerprint density at radius 1 is 1.25 bits per heavy atom. The second-order valence-electron chi connectivity index (χ2n) is 6.86. The molecule has 7 heteroatoms. The number of aryl methyl sites for hydroxylation is 2. The van der Waals surface area contributed by atoms with Gasteiger partial charge in [-0.05, 0) is 56.4 Å². The fourth-order valence-corrected chi connectivity index (χ4v) is 5.08. The molecular weight excluding hydrogens is 388 g/mol. The number of carbonyl (C=O) groups is 1. The van der Waals surface area contributed by atoms with Crippen molar-refractivity contribution in [3.63, 3.8) is 0 Å². The maximum Gasteiger partial charge on any atom is 0.239 e. The van der Waals surface area contributed by atoms with Crippen LogP contribution in [0.1, 0.15) is 43.0 Å². The molecule has 28 heavy (non-hydrogen) atoms. The third kappa shape index (κ3) is 4.03. The summed E-state index contributed by atoms with van der Waals surface area (Å²) in [4.78, 5) is 21.9. The van der Waals surface area contributed by atoms with Crippen LogP contribution in [0.4, 0.5) is 5.13 Å². The number of thiazole rings is 1. The van der Waals surface area contributed by atoms with Crippen molar-refractivity contribution in [1.29, 1.82) is 5.26 Å². The monoisotopic (exact) mass is 408 g/mol. The Morgan fingerprint density at radius 3 is 2.89 bits per heavy atom. The van der Waals surface area contributed by atoms with Gasteiger partial charge in [-0.2, -0.15) is 5.26 Å². The first-order chi connectivity index (χ1) is 13.6. The summed E-state index contributed by atoms with van der Waals surface area (Å²) < 4.78 is 1.04. The van der Waals surface area contributed by atoms with E-state index in [-0.39, 0.29) is 11.2 Å². The van der Waals surface area contributed by atoms with Crippen LogP contribution in [-0.4, -0.2) is 21.1 Å². The Balaban J connectivity index is 1.50. The van der Waals surface area contributed by atoms with E-state index in [1.165, 1.54) is 35.1 Å². The largest absolute Gasteiger partial charge is 0.301 e. The van der Waals surface area contributed by atoms with Gasteiger partial charge in [0.05, 0.1) is 21.0 Å².